The molecule has 1 rings (SSSR count). The lowest BCUT2D eigenvalue weighted by atomic mass is 10.0. The number of aliphatic carboxylic acids is 1. The first-order valence-corrected chi connectivity index (χ1v) is 5.95. The Labute approximate surface area is 96.4 Å². The van der Waals surface area contributed by atoms with Crippen LogP contribution in [0.15, 0.2) is 0 Å². The van der Waals surface area contributed by atoms with Crippen molar-refractivity contribution in [3.8, 4) is 0 Å². The minimum Gasteiger partial charge on any atom is -0.480 e. The number of rotatable bonds is 6. The molecule has 1 amide bonds. The Morgan fingerprint density at radius 2 is 1.88 bits per heavy atom. The van der Waals surface area contributed by atoms with E-state index < -0.39 is 12.0 Å². The van der Waals surface area contributed by atoms with Gasteiger partial charge < -0.3 is 10.4 Å². The molecular formula is C12H21NO3. The zero-order valence-electron chi connectivity index (χ0n) is 10.2. The second-order valence-corrected chi connectivity index (χ2v) is 5.16. The molecular weight excluding hydrogens is 206 g/mol. The fourth-order valence-electron chi connectivity index (χ4n) is 1.81. The van der Waals surface area contributed by atoms with E-state index in [0.717, 1.165) is 12.8 Å². The molecule has 1 saturated carbocycles. The van der Waals surface area contributed by atoms with Gasteiger partial charge in [0.1, 0.15) is 6.04 Å². The van der Waals surface area contributed by atoms with E-state index >= 15 is 0 Å². The quantitative estimate of drug-likeness (QED) is 0.725. The van der Waals surface area contributed by atoms with Crippen molar-refractivity contribution >= 4 is 11.9 Å². The Hall–Kier alpha value is -1.06. The molecule has 0 heterocycles. The van der Waals surface area contributed by atoms with E-state index in [1.165, 1.54) is 0 Å². The van der Waals surface area contributed by atoms with Crippen LogP contribution in [0, 0.1) is 17.8 Å². The monoisotopic (exact) mass is 227 g/mol. The van der Waals surface area contributed by atoms with Crippen LogP contribution in [0.5, 0.6) is 0 Å². The van der Waals surface area contributed by atoms with Crippen molar-refractivity contribution in [3.05, 3.63) is 0 Å². The summed E-state index contributed by atoms with van der Waals surface area (Å²) in [6.07, 6.45) is 2.67. The standard InChI is InChI=1S/C12H21NO3/c1-7(2)6-10(12(15)16)13-11(14)8(3)9-4-5-9/h7-10H,4-6H2,1-3H3,(H,13,14)(H,15,16)/t8?,10-/m1/s1. The molecule has 2 atom stereocenters. The highest BCUT2D eigenvalue weighted by Crippen LogP contribution is 2.36. The van der Waals surface area contributed by atoms with Gasteiger partial charge in [0.25, 0.3) is 0 Å². The fraction of sp³-hybridized carbons (Fsp3) is 0.833. The number of hydrogen-bond acceptors (Lipinski definition) is 2. The second-order valence-electron chi connectivity index (χ2n) is 5.16. The molecule has 0 radical (unpaired) electrons. The highest BCUT2D eigenvalue weighted by atomic mass is 16.4. The zero-order valence-corrected chi connectivity index (χ0v) is 10.2. The summed E-state index contributed by atoms with van der Waals surface area (Å²) >= 11 is 0. The Bertz CT molecular complexity index is 271. The van der Waals surface area contributed by atoms with Gasteiger partial charge in [-0.15, -0.1) is 0 Å². The SMILES string of the molecule is CC(C)C[C@@H](NC(=O)C(C)C1CC1)C(=O)O. The second kappa shape index (κ2) is 5.32. The Morgan fingerprint density at radius 1 is 1.31 bits per heavy atom. The summed E-state index contributed by atoms with van der Waals surface area (Å²) in [7, 11) is 0. The summed E-state index contributed by atoms with van der Waals surface area (Å²) in [5, 5.41) is 11.6. The van der Waals surface area contributed by atoms with Crippen LogP contribution >= 0.6 is 0 Å². The summed E-state index contributed by atoms with van der Waals surface area (Å²) in [5.74, 6) is -0.374. The molecule has 2 N–H and O–H groups in total. The van der Waals surface area contributed by atoms with Gasteiger partial charge in [-0.05, 0) is 31.1 Å². The first-order chi connectivity index (χ1) is 7.41. The maximum absolute atomic E-state index is 11.7. The molecule has 4 heteroatoms. The summed E-state index contributed by atoms with van der Waals surface area (Å²) in [5.41, 5.74) is 0. The molecule has 0 aliphatic heterocycles. The average Bonchev–Trinajstić information content (AvgIpc) is 2.97. The van der Waals surface area contributed by atoms with Crippen molar-refractivity contribution in [2.45, 2.75) is 46.1 Å². The van der Waals surface area contributed by atoms with Crippen molar-refractivity contribution in [2.75, 3.05) is 0 Å². The van der Waals surface area contributed by atoms with Crippen LogP contribution in [0.1, 0.15) is 40.0 Å². The summed E-state index contributed by atoms with van der Waals surface area (Å²) in [4.78, 5) is 22.7. The largest absolute Gasteiger partial charge is 0.480 e. The van der Waals surface area contributed by atoms with Gasteiger partial charge in [-0.2, -0.15) is 0 Å². The van der Waals surface area contributed by atoms with E-state index in [1.54, 1.807) is 0 Å². The van der Waals surface area contributed by atoms with Crippen LogP contribution in [0.2, 0.25) is 0 Å². The fourth-order valence-corrected chi connectivity index (χ4v) is 1.81. The van der Waals surface area contributed by atoms with Crippen LogP contribution in [-0.4, -0.2) is 23.0 Å². The van der Waals surface area contributed by atoms with Crippen LogP contribution in [0.3, 0.4) is 0 Å². The van der Waals surface area contributed by atoms with Gasteiger partial charge in [-0.3, -0.25) is 4.79 Å². The van der Waals surface area contributed by atoms with E-state index in [4.69, 9.17) is 5.11 Å². The first-order valence-electron chi connectivity index (χ1n) is 5.95. The lowest BCUT2D eigenvalue weighted by molar-refractivity contribution is -0.143. The molecule has 1 fully saturated rings. The minimum absolute atomic E-state index is 0.0472. The van der Waals surface area contributed by atoms with Crippen molar-refractivity contribution in [1.82, 2.24) is 5.32 Å². The molecule has 0 bridgehead atoms. The number of carbonyl (C=O) groups excluding carboxylic acids is 1. The van der Waals surface area contributed by atoms with Gasteiger partial charge in [-0.25, -0.2) is 4.79 Å². The van der Waals surface area contributed by atoms with Crippen LogP contribution in [0.4, 0.5) is 0 Å². The normalized spacial score (nSPS) is 19.2. The molecule has 4 nitrogen and oxygen atoms in total. The summed E-state index contributed by atoms with van der Waals surface area (Å²) in [6.45, 7) is 5.78. The van der Waals surface area contributed by atoms with Crippen molar-refractivity contribution in [2.24, 2.45) is 17.8 Å². The van der Waals surface area contributed by atoms with E-state index in [2.05, 4.69) is 5.32 Å². The first kappa shape index (κ1) is 13.0. The summed E-state index contributed by atoms with van der Waals surface area (Å²) in [6, 6.07) is -0.742. The predicted octanol–water partition coefficient (Wildman–Crippen LogP) is 1.65. The van der Waals surface area contributed by atoms with Crippen molar-refractivity contribution in [3.63, 3.8) is 0 Å². The molecule has 1 aliphatic rings. The molecule has 0 aromatic carbocycles. The Morgan fingerprint density at radius 3 is 2.25 bits per heavy atom. The lowest BCUT2D eigenvalue weighted by Gasteiger charge is -2.19. The number of amides is 1. The van der Waals surface area contributed by atoms with Crippen LogP contribution in [0.25, 0.3) is 0 Å². The van der Waals surface area contributed by atoms with Crippen LogP contribution < -0.4 is 5.32 Å². The molecule has 0 saturated heterocycles. The van der Waals surface area contributed by atoms with Gasteiger partial charge >= 0.3 is 5.97 Å². The third-order valence-electron chi connectivity index (χ3n) is 3.06. The van der Waals surface area contributed by atoms with Gasteiger partial charge in [0.05, 0.1) is 0 Å². The Kier molecular flexibility index (Phi) is 4.33. The smallest absolute Gasteiger partial charge is 0.326 e. The molecule has 1 aliphatic carbocycles. The number of carbonyl (C=O) groups is 2. The number of hydrogen-bond donors (Lipinski definition) is 2. The lowest BCUT2D eigenvalue weighted by Crippen LogP contribution is -2.44. The average molecular weight is 227 g/mol. The van der Waals surface area contributed by atoms with Gasteiger partial charge in [0, 0.05) is 5.92 Å². The van der Waals surface area contributed by atoms with Crippen LogP contribution in [-0.2, 0) is 9.59 Å². The number of carboxylic acid groups (broad SMARTS) is 1. The topological polar surface area (TPSA) is 66.4 Å². The van der Waals surface area contributed by atoms with Gasteiger partial charge in [0.15, 0.2) is 0 Å². The number of carboxylic acids is 1. The van der Waals surface area contributed by atoms with Gasteiger partial charge in [-0.1, -0.05) is 20.8 Å². The maximum Gasteiger partial charge on any atom is 0.326 e. The van der Waals surface area contributed by atoms with E-state index in [-0.39, 0.29) is 17.7 Å². The highest BCUT2D eigenvalue weighted by Gasteiger charge is 2.34. The minimum atomic E-state index is -0.940. The Balaban J connectivity index is 2.46. The molecule has 0 aromatic heterocycles. The number of nitrogens with one attached hydrogen (secondary N) is 1. The molecule has 16 heavy (non-hydrogen) atoms. The van der Waals surface area contributed by atoms with Gasteiger partial charge in [0.2, 0.25) is 5.91 Å². The third kappa shape index (κ3) is 3.83. The molecule has 92 valence electrons. The molecule has 1 unspecified atom stereocenters. The van der Waals surface area contributed by atoms with E-state index in [9.17, 15) is 9.59 Å². The molecule has 0 aromatic rings. The zero-order chi connectivity index (χ0) is 12.3. The molecule has 0 spiro atoms. The maximum atomic E-state index is 11.7. The van der Waals surface area contributed by atoms with Crippen molar-refractivity contribution < 1.29 is 14.7 Å². The van der Waals surface area contributed by atoms with E-state index in [0.29, 0.717) is 12.3 Å². The third-order valence-corrected chi connectivity index (χ3v) is 3.06. The predicted molar refractivity (Wildman–Crippen MR) is 60.9 cm³/mol. The highest BCUT2D eigenvalue weighted by molar-refractivity contribution is 5.85. The summed E-state index contributed by atoms with van der Waals surface area (Å²) < 4.78 is 0. The van der Waals surface area contributed by atoms with Crippen molar-refractivity contribution in [1.29, 1.82) is 0 Å². The van der Waals surface area contributed by atoms with E-state index in [1.807, 2.05) is 20.8 Å².